The molecule has 3 N–H and O–H groups in total. The highest BCUT2D eigenvalue weighted by atomic mass is 79.9. The lowest BCUT2D eigenvalue weighted by Crippen LogP contribution is -2.44. The lowest BCUT2D eigenvalue weighted by molar-refractivity contribution is -0.119. The zero-order valence-corrected chi connectivity index (χ0v) is 12.4. The fourth-order valence-electron chi connectivity index (χ4n) is 1.69. The van der Waals surface area contributed by atoms with Gasteiger partial charge in [-0.25, -0.2) is 0 Å². The highest BCUT2D eigenvalue weighted by Crippen LogP contribution is 2.23. The number of carbonyl (C=O) groups is 2. The quantitative estimate of drug-likeness (QED) is 0.828. The van der Waals surface area contributed by atoms with Gasteiger partial charge in [0, 0.05) is 10.9 Å². The van der Waals surface area contributed by atoms with Gasteiger partial charge in [0.2, 0.25) is 5.91 Å². The van der Waals surface area contributed by atoms with E-state index in [1.54, 1.807) is 6.07 Å². The van der Waals surface area contributed by atoms with Gasteiger partial charge in [0.15, 0.2) is 0 Å². The predicted octanol–water partition coefficient (Wildman–Crippen LogP) is 1.67. The molecule has 5 heteroatoms. The Hall–Kier alpha value is -1.80. The Morgan fingerprint density at radius 2 is 2.11 bits per heavy atom. The number of carbonyl (C=O) groups excluding carboxylic acids is 2. The van der Waals surface area contributed by atoms with Crippen LogP contribution >= 0.6 is 15.9 Å². The molecule has 1 atom stereocenters. The third-order valence-electron chi connectivity index (χ3n) is 2.61. The van der Waals surface area contributed by atoms with E-state index < -0.39 is 11.9 Å². The van der Waals surface area contributed by atoms with Gasteiger partial charge in [0.25, 0.3) is 5.91 Å². The molecule has 4 nitrogen and oxygen atoms in total. The summed E-state index contributed by atoms with van der Waals surface area (Å²) in [5.74, 6) is 1.29. The molecule has 2 amide bonds. The van der Waals surface area contributed by atoms with E-state index in [2.05, 4.69) is 27.2 Å². The Kier molecular flexibility index (Phi) is 5.13. The van der Waals surface area contributed by atoms with Crippen LogP contribution in [-0.2, 0) is 4.79 Å². The Morgan fingerprint density at radius 1 is 1.47 bits per heavy atom. The van der Waals surface area contributed by atoms with Crippen molar-refractivity contribution >= 4 is 27.7 Å². The van der Waals surface area contributed by atoms with Crippen molar-refractivity contribution in [3.8, 4) is 12.3 Å². The van der Waals surface area contributed by atoms with Gasteiger partial charge >= 0.3 is 0 Å². The topological polar surface area (TPSA) is 72.2 Å². The summed E-state index contributed by atoms with van der Waals surface area (Å²) >= 11 is 3.36. The smallest absolute Gasteiger partial charge is 0.253 e. The summed E-state index contributed by atoms with van der Waals surface area (Å²) in [6.45, 7) is 3.78. The second-order valence-electron chi connectivity index (χ2n) is 4.28. The van der Waals surface area contributed by atoms with Gasteiger partial charge < -0.3 is 11.1 Å². The summed E-state index contributed by atoms with van der Waals surface area (Å²) in [5.41, 5.74) is 7.54. The molecule has 0 fully saturated rings. The number of nitrogens with one attached hydrogen (secondary N) is 1. The predicted molar refractivity (Wildman–Crippen MR) is 77.5 cm³/mol. The van der Waals surface area contributed by atoms with E-state index in [-0.39, 0.29) is 12.3 Å². The van der Waals surface area contributed by atoms with Crippen molar-refractivity contribution in [2.24, 2.45) is 5.73 Å². The number of hydrogen-bond acceptors (Lipinski definition) is 2. The van der Waals surface area contributed by atoms with Crippen LogP contribution in [-0.4, -0.2) is 17.9 Å². The fraction of sp³-hybridized carbons (Fsp3) is 0.286. The first kappa shape index (κ1) is 15.3. The number of primary amides is 1. The maximum Gasteiger partial charge on any atom is 0.253 e. The van der Waals surface area contributed by atoms with Crippen molar-refractivity contribution in [1.82, 2.24) is 5.32 Å². The Bertz CT molecular complexity index is 561. The van der Waals surface area contributed by atoms with Crippen molar-refractivity contribution in [3.05, 3.63) is 33.3 Å². The second-order valence-corrected chi connectivity index (χ2v) is 5.07. The molecule has 1 rings (SSSR count). The van der Waals surface area contributed by atoms with Gasteiger partial charge in [-0.15, -0.1) is 12.3 Å². The van der Waals surface area contributed by atoms with E-state index in [0.717, 1.165) is 11.1 Å². The first-order valence-electron chi connectivity index (χ1n) is 5.67. The van der Waals surface area contributed by atoms with Crippen LogP contribution in [0.4, 0.5) is 0 Å². The molecule has 0 aliphatic rings. The maximum atomic E-state index is 12.1. The molecule has 1 aromatic carbocycles. The molecule has 0 saturated carbocycles. The number of halogens is 1. The average Bonchev–Trinajstić information content (AvgIpc) is 2.32. The molecule has 0 bridgehead atoms. The summed E-state index contributed by atoms with van der Waals surface area (Å²) in [7, 11) is 0. The number of amides is 2. The first-order chi connectivity index (χ1) is 8.86. The van der Waals surface area contributed by atoms with E-state index in [0.29, 0.717) is 10.0 Å². The SMILES string of the molecule is C#CCC(NC(=O)c1cc(C)cc(C)c1Br)C(N)=O. The molecular weight excluding hydrogens is 308 g/mol. The van der Waals surface area contributed by atoms with E-state index in [1.807, 2.05) is 19.9 Å². The normalized spacial score (nSPS) is 11.5. The number of benzene rings is 1. The van der Waals surface area contributed by atoms with Crippen molar-refractivity contribution in [3.63, 3.8) is 0 Å². The summed E-state index contributed by atoms with van der Waals surface area (Å²) < 4.78 is 0.694. The third kappa shape index (κ3) is 3.83. The van der Waals surface area contributed by atoms with Crippen molar-refractivity contribution in [2.75, 3.05) is 0 Å². The molecule has 100 valence electrons. The largest absolute Gasteiger partial charge is 0.368 e. The van der Waals surface area contributed by atoms with Crippen LogP contribution in [0.15, 0.2) is 16.6 Å². The van der Waals surface area contributed by atoms with Gasteiger partial charge in [-0.05, 0) is 47.0 Å². The van der Waals surface area contributed by atoms with Gasteiger partial charge in [-0.3, -0.25) is 9.59 Å². The van der Waals surface area contributed by atoms with Gasteiger partial charge in [-0.2, -0.15) is 0 Å². The van der Waals surface area contributed by atoms with Gasteiger partial charge in [0.1, 0.15) is 6.04 Å². The zero-order valence-electron chi connectivity index (χ0n) is 10.8. The van der Waals surface area contributed by atoms with Crippen molar-refractivity contribution < 1.29 is 9.59 Å². The summed E-state index contributed by atoms with van der Waals surface area (Å²) in [6, 6.07) is 2.83. The molecule has 1 aromatic rings. The molecule has 0 spiro atoms. The van der Waals surface area contributed by atoms with Crippen LogP contribution < -0.4 is 11.1 Å². The van der Waals surface area contributed by atoms with Crippen LogP contribution in [0.5, 0.6) is 0 Å². The van der Waals surface area contributed by atoms with E-state index in [9.17, 15) is 9.59 Å². The molecule has 0 radical (unpaired) electrons. The maximum absolute atomic E-state index is 12.1. The number of nitrogens with two attached hydrogens (primary N) is 1. The summed E-state index contributed by atoms with van der Waals surface area (Å²) in [6.07, 6.45) is 5.21. The molecule has 0 aromatic heterocycles. The van der Waals surface area contributed by atoms with Gasteiger partial charge in [-0.1, -0.05) is 6.07 Å². The molecular formula is C14H15BrN2O2. The molecule has 0 saturated heterocycles. The molecule has 0 aliphatic heterocycles. The molecule has 0 aliphatic carbocycles. The van der Waals surface area contributed by atoms with Crippen molar-refractivity contribution in [1.29, 1.82) is 0 Å². The van der Waals surface area contributed by atoms with Crippen molar-refractivity contribution in [2.45, 2.75) is 26.3 Å². The number of hydrogen-bond donors (Lipinski definition) is 2. The highest BCUT2D eigenvalue weighted by molar-refractivity contribution is 9.10. The lowest BCUT2D eigenvalue weighted by Gasteiger charge is -2.14. The summed E-state index contributed by atoms with van der Waals surface area (Å²) in [4.78, 5) is 23.3. The van der Waals surface area contributed by atoms with Crippen LogP contribution in [0, 0.1) is 26.2 Å². The van der Waals surface area contributed by atoms with E-state index in [4.69, 9.17) is 12.2 Å². The standard InChI is InChI=1S/C14H15BrN2O2/c1-4-5-11(13(16)18)17-14(19)10-7-8(2)6-9(3)12(10)15/h1,6-7,11H,5H2,2-3H3,(H2,16,18)(H,17,19). The Morgan fingerprint density at radius 3 is 2.63 bits per heavy atom. The van der Waals surface area contributed by atoms with Gasteiger partial charge in [0.05, 0.1) is 5.56 Å². The number of rotatable bonds is 4. The first-order valence-corrected chi connectivity index (χ1v) is 6.46. The van der Waals surface area contributed by atoms with E-state index >= 15 is 0 Å². The Labute approximate surface area is 120 Å². The Balaban J connectivity index is 3.01. The average molecular weight is 323 g/mol. The van der Waals surface area contributed by atoms with Crippen LogP contribution in [0.25, 0.3) is 0 Å². The lowest BCUT2D eigenvalue weighted by atomic mass is 10.1. The third-order valence-corrected chi connectivity index (χ3v) is 3.67. The monoisotopic (exact) mass is 322 g/mol. The fourth-order valence-corrected chi connectivity index (χ4v) is 2.10. The minimum absolute atomic E-state index is 0.0729. The highest BCUT2D eigenvalue weighted by Gasteiger charge is 2.20. The van der Waals surface area contributed by atoms with Crippen LogP contribution in [0.2, 0.25) is 0 Å². The second kappa shape index (κ2) is 6.39. The number of terminal acetylenes is 1. The van der Waals surface area contributed by atoms with Crippen LogP contribution in [0.3, 0.4) is 0 Å². The molecule has 1 unspecified atom stereocenters. The molecule has 0 heterocycles. The minimum atomic E-state index is -0.856. The minimum Gasteiger partial charge on any atom is -0.368 e. The number of aryl methyl sites for hydroxylation is 2. The molecule has 19 heavy (non-hydrogen) atoms. The zero-order chi connectivity index (χ0) is 14.6. The summed E-state index contributed by atoms with van der Waals surface area (Å²) in [5, 5.41) is 2.54. The van der Waals surface area contributed by atoms with E-state index in [1.165, 1.54) is 0 Å². The van der Waals surface area contributed by atoms with Crippen LogP contribution in [0.1, 0.15) is 27.9 Å².